The Morgan fingerprint density at radius 2 is 1.72 bits per heavy atom. The molecule has 2 aromatic rings. The van der Waals surface area contributed by atoms with E-state index in [1.54, 1.807) is 6.92 Å². The summed E-state index contributed by atoms with van der Waals surface area (Å²) in [5.74, 6) is 0.312. The van der Waals surface area contributed by atoms with Gasteiger partial charge in [-0.3, -0.25) is 0 Å². The van der Waals surface area contributed by atoms with Crippen LogP contribution in [0.1, 0.15) is 59.0 Å². The summed E-state index contributed by atoms with van der Waals surface area (Å²) in [7, 11) is -2.04. The number of rotatable bonds is 7. The molecule has 0 bridgehead atoms. The lowest BCUT2D eigenvalue weighted by molar-refractivity contribution is 0.0517. The van der Waals surface area contributed by atoms with Crippen molar-refractivity contribution in [2.75, 3.05) is 6.61 Å². The van der Waals surface area contributed by atoms with Gasteiger partial charge in [0.2, 0.25) is 0 Å². The summed E-state index contributed by atoms with van der Waals surface area (Å²) in [5.41, 5.74) is 2.19. The molecular weight excluding hydrogens is 334 g/mol. The average Bonchev–Trinajstić information content (AvgIpc) is 2.94. The van der Waals surface area contributed by atoms with Gasteiger partial charge in [-0.25, -0.2) is 4.79 Å². The van der Waals surface area contributed by atoms with Crippen LogP contribution in [0.3, 0.4) is 0 Å². The number of ether oxygens (including phenoxy) is 1. The van der Waals surface area contributed by atoms with Crippen molar-refractivity contribution < 1.29 is 18.5 Å². The largest absolute Gasteiger partial charge is 0.543 e. The summed E-state index contributed by atoms with van der Waals surface area (Å²) in [6, 6.07) is 5.56. The first-order valence-corrected chi connectivity index (χ1v) is 11.1. The molecule has 1 aromatic carbocycles. The SMILES string of the molecule is CCOC(=O)c1noc2cc(O[Si](C(C)C)(C(C)C)C(C)C)ccc12. The first-order valence-electron chi connectivity index (χ1n) is 8.99. The molecule has 0 fully saturated rings. The van der Waals surface area contributed by atoms with Crippen LogP contribution in [0.4, 0.5) is 0 Å². The number of aromatic nitrogens is 1. The second kappa shape index (κ2) is 7.60. The zero-order valence-corrected chi connectivity index (χ0v) is 17.3. The topological polar surface area (TPSA) is 61.6 Å². The standard InChI is InChI=1S/C19H29NO4Si/c1-8-22-19(21)18-16-10-9-15(11-17(16)23-20-18)24-25(12(2)3,13(4)5)14(6)7/h9-14H,8H2,1-7H3. The van der Waals surface area contributed by atoms with E-state index < -0.39 is 14.3 Å². The number of carbonyl (C=O) groups is 1. The Bertz CT molecular complexity index is 714. The average molecular weight is 364 g/mol. The molecule has 1 aromatic heterocycles. The number of carbonyl (C=O) groups excluding carboxylic acids is 1. The van der Waals surface area contributed by atoms with Gasteiger partial charge in [-0.05, 0) is 35.7 Å². The van der Waals surface area contributed by atoms with Crippen LogP contribution in [0.15, 0.2) is 22.7 Å². The Kier molecular flexibility index (Phi) is 5.93. The van der Waals surface area contributed by atoms with Gasteiger partial charge in [0.25, 0.3) is 8.32 Å². The van der Waals surface area contributed by atoms with Gasteiger partial charge >= 0.3 is 5.97 Å². The van der Waals surface area contributed by atoms with Gasteiger partial charge < -0.3 is 13.7 Å². The summed E-state index contributed by atoms with van der Waals surface area (Å²) in [4.78, 5) is 11.9. The minimum absolute atomic E-state index is 0.212. The van der Waals surface area contributed by atoms with E-state index in [0.717, 1.165) is 5.75 Å². The maximum absolute atomic E-state index is 11.9. The summed E-state index contributed by atoms with van der Waals surface area (Å²) in [6.07, 6.45) is 0. The highest BCUT2D eigenvalue weighted by Gasteiger charge is 2.47. The molecule has 6 heteroatoms. The fraction of sp³-hybridized carbons (Fsp3) is 0.579. The molecule has 138 valence electrons. The third-order valence-corrected chi connectivity index (χ3v) is 10.9. The smallest absolute Gasteiger partial charge is 0.361 e. The molecule has 5 nitrogen and oxygen atoms in total. The van der Waals surface area contributed by atoms with E-state index >= 15 is 0 Å². The zero-order chi connectivity index (χ0) is 18.8. The van der Waals surface area contributed by atoms with Gasteiger partial charge in [0.05, 0.1) is 12.0 Å². The van der Waals surface area contributed by atoms with Gasteiger partial charge in [0.1, 0.15) is 5.75 Å². The van der Waals surface area contributed by atoms with Crippen LogP contribution in [-0.4, -0.2) is 26.1 Å². The van der Waals surface area contributed by atoms with Crippen molar-refractivity contribution in [2.45, 2.75) is 65.1 Å². The van der Waals surface area contributed by atoms with Crippen molar-refractivity contribution in [3.63, 3.8) is 0 Å². The molecule has 0 radical (unpaired) electrons. The Balaban J connectivity index is 2.40. The van der Waals surface area contributed by atoms with E-state index in [-0.39, 0.29) is 5.69 Å². The van der Waals surface area contributed by atoms with E-state index in [2.05, 4.69) is 46.7 Å². The van der Waals surface area contributed by atoms with Crippen molar-refractivity contribution in [1.29, 1.82) is 0 Å². The van der Waals surface area contributed by atoms with Crippen molar-refractivity contribution in [2.24, 2.45) is 0 Å². The number of hydrogen-bond donors (Lipinski definition) is 0. The van der Waals surface area contributed by atoms with Gasteiger partial charge in [-0.15, -0.1) is 0 Å². The zero-order valence-electron chi connectivity index (χ0n) is 16.3. The number of esters is 1. The normalized spacial score (nSPS) is 12.4. The lowest BCUT2D eigenvalue weighted by Gasteiger charge is -2.42. The van der Waals surface area contributed by atoms with Gasteiger partial charge in [0, 0.05) is 6.07 Å². The van der Waals surface area contributed by atoms with E-state index in [0.29, 0.717) is 34.2 Å². The minimum atomic E-state index is -2.04. The maximum atomic E-state index is 11.9. The summed E-state index contributed by atoms with van der Waals surface area (Å²) in [6.45, 7) is 15.6. The summed E-state index contributed by atoms with van der Waals surface area (Å²) >= 11 is 0. The lowest BCUT2D eigenvalue weighted by Crippen LogP contribution is -2.50. The monoisotopic (exact) mass is 363 g/mol. The predicted molar refractivity (Wildman–Crippen MR) is 102 cm³/mol. The molecule has 1 heterocycles. The predicted octanol–water partition coefficient (Wildman–Crippen LogP) is 5.56. The summed E-state index contributed by atoms with van der Waals surface area (Å²) < 4.78 is 17.0. The van der Waals surface area contributed by atoms with Crippen LogP contribution in [0, 0.1) is 0 Å². The van der Waals surface area contributed by atoms with E-state index in [9.17, 15) is 4.79 Å². The highest BCUT2D eigenvalue weighted by molar-refractivity contribution is 6.78. The molecule has 0 aliphatic rings. The second-order valence-electron chi connectivity index (χ2n) is 7.33. The van der Waals surface area contributed by atoms with Crippen LogP contribution in [0.5, 0.6) is 5.75 Å². The second-order valence-corrected chi connectivity index (χ2v) is 12.7. The molecule has 25 heavy (non-hydrogen) atoms. The molecule has 0 amide bonds. The molecule has 2 rings (SSSR count). The first kappa shape index (κ1) is 19.5. The maximum Gasteiger partial charge on any atom is 0.361 e. The minimum Gasteiger partial charge on any atom is -0.543 e. The van der Waals surface area contributed by atoms with Crippen LogP contribution < -0.4 is 4.43 Å². The number of hydrogen-bond acceptors (Lipinski definition) is 5. The molecule has 0 spiro atoms. The Labute approximate surface area is 150 Å². The van der Waals surface area contributed by atoms with Crippen LogP contribution in [0.25, 0.3) is 11.0 Å². The highest BCUT2D eigenvalue weighted by atomic mass is 28.4. The van der Waals surface area contributed by atoms with Crippen LogP contribution in [0.2, 0.25) is 16.6 Å². The van der Waals surface area contributed by atoms with Crippen LogP contribution in [-0.2, 0) is 4.74 Å². The van der Waals surface area contributed by atoms with E-state index in [1.165, 1.54) is 0 Å². The lowest BCUT2D eigenvalue weighted by atomic mass is 10.2. The number of nitrogens with zero attached hydrogens (tertiary/aromatic N) is 1. The van der Waals surface area contributed by atoms with Crippen molar-refractivity contribution in [3.05, 3.63) is 23.9 Å². The van der Waals surface area contributed by atoms with E-state index in [1.807, 2.05) is 18.2 Å². The van der Waals surface area contributed by atoms with Gasteiger partial charge in [0.15, 0.2) is 11.3 Å². The van der Waals surface area contributed by atoms with Gasteiger partial charge in [-0.1, -0.05) is 46.7 Å². The molecule has 0 unspecified atom stereocenters. The van der Waals surface area contributed by atoms with E-state index in [4.69, 9.17) is 13.7 Å². The molecule has 0 saturated carbocycles. The fourth-order valence-corrected chi connectivity index (χ4v) is 9.13. The van der Waals surface area contributed by atoms with Gasteiger partial charge in [-0.2, -0.15) is 0 Å². The molecule has 0 saturated heterocycles. The highest BCUT2D eigenvalue weighted by Crippen LogP contribution is 2.43. The fourth-order valence-electron chi connectivity index (χ4n) is 3.89. The van der Waals surface area contributed by atoms with Crippen LogP contribution >= 0.6 is 0 Å². The first-order chi connectivity index (χ1) is 11.7. The molecule has 0 aliphatic heterocycles. The Morgan fingerprint density at radius 1 is 1.12 bits per heavy atom. The molecular formula is C19H29NO4Si. The number of benzene rings is 1. The molecule has 0 aliphatic carbocycles. The molecule has 0 atom stereocenters. The van der Waals surface area contributed by atoms with Crippen molar-refractivity contribution in [3.8, 4) is 5.75 Å². The molecule has 0 N–H and O–H groups in total. The Hall–Kier alpha value is -1.82. The number of fused-ring (bicyclic) bond motifs is 1. The summed E-state index contributed by atoms with van der Waals surface area (Å²) in [5, 5.41) is 4.51. The third-order valence-electron chi connectivity index (χ3n) is 4.91. The van der Waals surface area contributed by atoms with Crippen molar-refractivity contribution >= 4 is 25.3 Å². The third kappa shape index (κ3) is 3.59. The quantitative estimate of drug-likeness (QED) is 0.476. The van der Waals surface area contributed by atoms with Crippen molar-refractivity contribution in [1.82, 2.24) is 5.16 Å². The Morgan fingerprint density at radius 3 is 2.24 bits per heavy atom.